The van der Waals surface area contributed by atoms with E-state index in [0.717, 1.165) is 10.0 Å². The van der Waals surface area contributed by atoms with E-state index < -0.39 is 10.0 Å². The topological polar surface area (TPSA) is 59.1 Å². The molecule has 0 unspecified atom stereocenters. The van der Waals surface area contributed by atoms with Crippen LogP contribution in [0.3, 0.4) is 0 Å². The van der Waals surface area contributed by atoms with E-state index in [1.807, 2.05) is 6.92 Å². The fraction of sp³-hybridized carbons (Fsp3) is 0.154. The number of nitrogens with zero attached hydrogens (tertiary/aromatic N) is 1. The second-order valence-electron chi connectivity index (χ2n) is 4.40. The molecule has 4 nitrogen and oxygen atoms in total. The molecule has 0 radical (unpaired) electrons. The molecule has 0 aliphatic heterocycles. The molecule has 0 bridgehead atoms. The number of aryl methyl sites for hydroxylation is 2. The summed E-state index contributed by atoms with van der Waals surface area (Å²) in [6, 6.07) is 6.41. The molecule has 1 aromatic carbocycles. The molecule has 0 aliphatic carbocycles. The number of halogens is 3. The third-order valence-electron chi connectivity index (χ3n) is 2.80. The second kappa shape index (κ2) is 6.24. The summed E-state index contributed by atoms with van der Waals surface area (Å²) >= 11 is 12.4. The molecule has 2 aromatic rings. The lowest BCUT2D eigenvalue weighted by Crippen LogP contribution is -2.15. The monoisotopic (exact) mass is 452 g/mol. The van der Waals surface area contributed by atoms with Crippen LogP contribution < -0.4 is 4.72 Å². The molecule has 112 valence electrons. The molecular formula is C13H11Br2ClN2O2S. The molecule has 1 aromatic heterocycles. The van der Waals surface area contributed by atoms with E-state index in [0.29, 0.717) is 21.0 Å². The Balaban J connectivity index is 2.46. The van der Waals surface area contributed by atoms with Gasteiger partial charge in [0.1, 0.15) is 10.0 Å². The first kappa shape index (κ1) is 16.7. The Kier molecular flexibility index (Phi) is 4.97. The molecule has 0 aliphatic rings. The molecule has 0 saturated carbocycles. The van der Waals surface area contributed by atoms with Crippen molar-refractivity contribution in [3.8, 4) is 0 Å². The summed E-state index contributed by atoms with van der Waals surface area (Å²) in [7, 11) is -3.73. The predicted molar refractivity (Wildman–Crippen MR) is 91.4 cm³/mol. The second-order valence-corrected chi connectivity index (χ2v) is 8.15. The molecule has 0 fully saturated rings. The zero-order valence-corrected chi connectivity index (χ0v) is 15.9. The summed E-state index contributed by atoms with van der Waals surface area (Å²) in [4.78, 5) is 4.17. The Bertz CT molecular complexity index is 810. The average molecular weight is 455 g/mol. The molecule has 0 spiro atoms. The summed E-state index contributed by atoms with van der Waals surface area (Å²) in [5.41, 5.74) is 1.83. The van der Waals surface area contributed by atoms with Crippen LogP contribution in [0.2, 0.25) is 5.15 Å². The van der Waals surface area contributed by atoms with Gasteiger partial charge in [-0.25, -0.2) is 13.4 Å². The van der Waals surface area contributed by atoms with Crippen molar-refractivity contribution in [3.05, 3.63) is 49.6 Å². The van der Waals surface area contributed by atoms with Crippen LogP contribution in [0.1, 0.15) is 11.3 Å². The fourth-order valence-electron chi connectivity index (χ4n) is 1.67. The van der Waals surface area contributed by atoms with E-state index >= 15 is 0 Å². The van der Waals surface area contributed by atoms with Crippen molar-refractivity contribution in [1.82, 2.24) is 4.98 Å². The van der Waals surface area contributed by atoms with Gasteiger partial charge in [-0.1, -0.05) is 27.5 Å². The number of aromatic nitrogens is 1. The number of benzene rings is 1. The highest BCUT2D eigenvalue weighted by molar-refractivity contribution is 9.11. The van der Waals surface area contributed by atoms with Crippen LogP contribution in [0, 0.1) is 13.8 Å². The normalized spacial score (nSPS) is 11.5. The fourth-order valence-corrected chi connectivity index (χ4v) is 4.66. The van der Waals surface area contributed by atoms with E-state index in [4.69, 9.17) is 11.6 Å². The van der Waals surface area contributed by atoms with E-state index in [1.165, 1.54) is 6.07 Å². The highest BCUT2D eigenvalue weighted by Gasteiger charge is 2.20. The van der Waals surface area contributed by atoms with Gasteiger partial charge in [0.15, 0.2) is 0 Å². The first-order valence-corrected chi connectivity index (χ1v) is 9.27. The number of nitrogens with one attached hydrogen (secondary N) is 1. The minimum atomic E-state index is -3.73. The number of rotatable bonds is 3. The summed E-state index contributed by atoms with van der Waals surface area (Å²) in [6.45, 7) is 3.57. The Morgan fingerprint density at radius 3 is 2.43 bits per heavy atom. The SMILES string of the molecule is Cc1cc(Br)c(S(=O)(=O)Nc2ccc(Cl)nc2C)cc1Br. The average Bonchev–Trinajstić information content (AvgIpc) is 2.37. The number of pyridine rings is 1. The summed E-state index contributed by atoms with van der Waals surface area (Å²) in [5.74, 6) is 0. The van der Waals surface area contributed by atoms with Gasteiger partial charge in [0.25, 0.3) is 10.0 Å². The summed E-state index contributed by atoms with van der Waals surface area (Å²) in [6.07, 6.45) is 0. The lowest BCUT2D eigenvalue weighted by molar-refractivity contribution is 0.600. The quantitative estimate of drug-likeness (QED) is 0.686. The zero-order chi connectivity index (χ0) is 15.8. The summed E-state index contributed by atoms with van der Waals surface area (Å²) in [5, 5.41) is 0.315. The maximum absolute atomic E-state index is 12.5. The van der Waals surface area contributed by atoms with E-state index in [-0.39, 0.29) is 4.90 Å². The van der Waals surface area contributed by atoms with Crippen molar-refractivity contribution in [2.75, 3.05) is 4.72 Å². The van der Waals surface area contributed by atoms with Gasteiger partial charge in [-0.15, -0.1) is 0 Å². The van der Waals surface area contributed by atoms with Crippen molar-refractivity contribution in [2.24, 2.45) is 0 Å². The molecule has 1 N–H and O–H groups in total. The van der Waals surface area contributed by atoms with Gasteiger partial charge in [0, 0.05) is 8.95 Å². The van der Waals surface area contributed by atoms with E-state index in [2.05, 4.69) is 41.6 Å². The molecule has 0 saturated heterocycles. The molecule has 2 rings (SSSR count). The van der Waals surface area contributed by atoms with Gasteiger partial charge in [0.2, 0.25) is 0 Å². The molecule has 8 heteroatoms. The standard InChI is InChI=1S/C13H11Br2ClN2O2S/c1-7-5-10(15)12(6-9(7)14)21(19,20)18-11-3-4-13(16)17-8(11)2/h3-6,18H,1-2H3. The lowest BCUT2D eigenvalue weighted by atomic mass is 10.2. The molecule has 1 heterocycles. The van der Waals surface area contributed by atoms with Crippen molar-refractivity contribution >= 4 is 59.2 Å². The van der Waals surface area contributed by atoms with Gasteiger partial charge in [0.05, 0.1) is 11.4 Å². The molecule has 0 amide bonds. The number of hydrogen-bond acceptors (Lipinski definition) is 3. The van der Waals surface area contributed by atoms with Gasteiger partial charge in [-0.2, -0.15) is 0 Å². The lowest BCUT2D eigenvalue weighted by Gasteiger charge is -2.12. The van der Waals surface area contributed by atoms with E-state index in [1.54, 1.807) is 25.1 Å². The first-order valence-electron chi connectivity index (χ1n) is 5.82. The van der Waals surface area contributed by atoms with Crippen LogP contribution in [0.4, 0.5) is 5.69 Å². The van der Waals surface area contributed by atoms with Crippen LogP contribution in [-0.2, 0) is 10.0 Å². The van der Waals surface area contributed by atoms with Crippen LogP contribution in [0.15, 0.2) is 38.1 Å². The molecule has 0 atom stereocenters. The highest BCUT2D eigenvalue weighted by atomic mass is 79.9. The first-order chi connectivity index (χ1) is 9.70. The van der Waals surface area contributed by atoms with Gasteiger partial charge >= 0.3 is 0 Å². The number of sulfonamides is 1. The van der Waals surface area contributed by atoms with Crippen LogP contribution in [0.25, 0.3) is 0 Å². The maximum atomic E-state index is 12.5. The van der Waals surface area contributed by atoms with Crippen molar-refractivity contribution in [3.63, 3.8) is 0 Å². The van der Waals surface area contributed by atoms with Crippen LogP contribution >= 0.6 is 43.5 Å². The zero-order valence-electron chi connectivity index (χ0n) is 11.1. The Labute approximate surface area is 145 Å². The molecular weight excluding hydrogens is 443 g/mol. The Morgan fingerprint density at radius 2 is 1.81 bits per heavy atom. The number of hydrogen-bond donors (Lipinski definition) is 1. The van der Waals surface area contributed by atoms with Crippen LogP contribution in [0.5, 0.6) is 0 Å². The third-order valence-corrected chi connectivity index (χ3v) is 6.19. The van der Waals surface area contributed by atoms with Gasteiger partial charge in [-0.05, 0) is 59.6 Å². The van der Waals surface area contributed by atoms with Crippen molar-refractivity contribution in [1.29, 1.82) is 0 Å². The Morgan fingerprint density at radius 1 is 1.14 bits per heavy atom. The van der Waals surface area contributed by atoms with Crippen molar-refractivity contribution in [2.45, 2.75) is 18.7 Å². The maximum Gasteiger partial charge on any atom is 0.263 e. The largest absolute Gasteiger partial charge is 0.278 e. The molecule has 21 heavy (non-hydrogen) atoms. The Hall–Kier alpha value is -0.630. The smallest absolute Gasteiger partial charge is 0.263 e. The minimum Gasteiger partial charge on any atom is -0.278 e. The number of anilines is 1. The van der Waals surface area contributed by atoms with Crippen molar-refractivity contribution < 1.29 is 8.42 Å². The minimum absolute atomic E-state index is 0.148. The predicted octanol–water partition coefficient (Wildman–Crippen LogP) is 4.68. The van der Waals surface area contributed by atoms with Gasteiger partial charge < -0.3 is 0 Å². The van der Waals surface area contributed by atoms with Crippen LogP contribution in [-0.4, -0.2) is 13.4 Å². The highest BCUT2D eigenvalue weighted by Crippen LogP contribution is 2.30. The third kappa shape index (κ3) is 3.77. The van der Waals surface area contributed by atoms with Gasteiger partial charge in [-0.3, -0.25) is 4.72 Å². The summed E-state index contributed by atoms with van der Waals surface area (Å²) < 4.78 is 28.7. The van der Waals surface area contributed by atoms with E-state index in [9.17, 15) is 8.42 Å².